The van der Waals surface area contributed by atoms with E-state index in [9.17, 15) is 14.9 Å². The van der Waals surface area contributed by atoms with Gasteiger partial charge in [0.05, 0.1) is 11.1 Å². The number of benzene rings is 1. The van der Waals surface area contributed by atoms with E-state index in [1.54, 1.807) is 12.1 Å². The van der Waals surface area contributed by atoms with Crippen LogP contribution in [0.4, 0.5) is 5.00 Å². The maximum atomic E-state index is 12.1. The quantitative estimate of drug-likeness (QED) is 0.831. The molecule has 1 aliphatic heterocycles. The summed E-state index contributed by atoms with van der Waals surface area (Å²) >= 11 is 1.42. The molecule has 1 N–H and O–H groups in total. The first-order chi connectivity index (χ1) is 12.7. The Labute approximate surface area is 153 Å². The van der Waals surface area contributed by atoms with Gasteiger partial charge in [-0.15, -0.1) is 11.3 Å². The molecule has 132 valence electrons. The van der Waals surface area contributed by atoms with Gasteiger partial charge >= 0.3 is 5.97 Å². The van der Waals surface area contributed by atoms with Crippen LogP contribution < -0.4 is 14.8 Å². The molecule has 0 saturated heterocycles. The van der Waals surface area contributed by atoms with Crippen LogP contribution in [0.15, 0.2) is 18.2 Å². The topological polar surface area (TPSA) is 97.7 Å². The molecule has 0 fully saturated rings. The highest BCUT2D eigenvalue weighted by Crippen LogP contribution is 2.38. The van der Waals surface area contributed by atoms with Gasteiger partial charge in [-0.2, -0.15) is 5.26 Å². The molecule has 0 atom stereocenters. The first kappa shape index (κ1) is 16.4. The van der Waals surface area contributed by atoms with Gasteiger partial charge < -0.3 is 19.5 Å². The molecule has 7 nitrogen and oxygen atoms in total. The Morgan fingerprint density at radius 2 is 2.12 bits per heavy atom. The van der Waals surface area contributed by atoms with Crippen LogP contribution in [0.1, 0.15) is 32.8 Å². The van der Waals surface area contributed by atoms with E-state index in [2.05, 4.69) is 11.4 Å². The summed E-state index contributed by atoms with van der Waals surface area (Å²) in [6.07, 6.45) is 2.84. The molecule has 2 aliphatic rings. The number of nitrogens with zero attached hydrogens (tertiary/aromatic N) is 1. The van der Waals surface area contributed by atoms with Crippen LogP contribution in [0.3, 0.4) is 0 Å². The van der Waals surface area contributed by atoms with Gasteiger partial charge in [-0.05, 0) is 43.0 Å². The minimum absolute atomic E-state index is 0.113. The van der Waals surface area contributed by atoms with Crippen LogP contribution in [0.5, 0.6) is 11.5 Å². The number of fused-ring (bicyclic) bond motifs is 2. The van der Waals surface area contributed by atoms with Crippen molar-refractivity contribution in [2.45, 2.75) is 19.3 Å². The van der Waals surface area contributed by atoms with Crippen LogP contribution in [0.25, 0.3) is 0 Å². The lowest BCUT2D eigenvalue weighted by Crippen LogP contribution is -2.20. The first-order valence-corrected chi connectivity index (χ1v) is 8.88. The summed E-state index contributed by atoms with van der Waals surface area (Å²) in [5, 5.41) is 12.5. The van der Waals surface area contributed by atoms with Crippen LogP contribution in [0.2, 0.25) is 0 Å². The molecule has 0 bridgehead atoms. The van der Waals surface area contributed by atoms with Crippen molar-refractivity contribution < 1.29 is 23.8 Å². The number of thiophene rings is 1. The minimum Gasteiger partial charge on any atom is -0.454 e. The van der Waals surface area contributed by atoms with Crippen LogP contribution >= 0.6 is 11.3 Å². The van der Waals surface area contributed by atoms with Crippen molar-refractivity contribution in [1.82, 2.24) is 0 Å². The third-order valence-corrected chi connectivity index (χ3v) is 5.44. The largest absolute Gasteiger partial charge is 0.454 e. The van der Waals surface area contributed by atoms with E-state index < -0.39 is 18.5 Å². The van der Waals surface area contributed by atoms with E-state index in [4.69, 9.17) is 14.2 Å². The average molecular weight is 370 g/mol. The average Bonchev–Trinajstić information content (AvgIpc) is 3.34. The smallest absolute Gasteiger partial charge is 0.338 e. The molecule has 2 aromatic rings. The fourth-order valence-electron chi connectivity index (χ4n) is 3.01. The number of esters is 1. The van der Waals surface area contributed by atoms with Gasteiger partial charge in [-0.1, -0.05) is 0 Å². The van der Waals surface area contributed by atoms with Crippen molar-refractivity contribution in [2.24, 2.45) is 0 Å². The highest BCUT2D eigenvalue weighted by atomic mass is 32.1. The molecular formula is C18H14N2O5S. The normalized spacial score (nSPS) is 13.8. The van der Waals surface area contributed by atoms with E-state index in [1.165, 1.54) is 17.4 Å². The highest BCUT2D eigenvalue weighted by molar-refractivity contribution is 7.16. The minimum atomic E-state index is -0.632. The summed E-state index contributed by atoms with van der Waals surface area (Å²) in [5.41, 5.74) is 1.83. The number of nitrogens with one attached hydrogen (secondary N) is 1. The van der Waals surface area contributed by atoms with Gasteiger partial charge in [0.25, 0.3) is 5.91 Å². The lowest BCUT2D eigenvalue weighted by atomic mass is 10.1. The van der Waals surface area contributed by atoms with Gasteiger partial charge in [0, 0.05) is 4.88 Å². The fraction of sp³-hybridized carbons (Fsp3) is 0.278. The van der Waals surface area contributed by atoms with Crippen LogP contribution in [-0.2, 0) is 22.4 Å². The zero-order valence-electron chi connectivity index (χ0n) is 13.7. The lowest BCUT2D eigenvalue weighted by Gasteiger charge is -2.06. The molecule has 1 aromatic heterocycles. The third-order valence-electron chi connectivity index (χ3n) is 4.23. The monoisotopic (exact) mass is 370 g/mol. The Balaban J connectivity index is 1.37. The second-order valence-corrected chi connectivity index (χ2v) is 6.97. The number of aryl methyl sites for hydroxylation is 1. The van der Waals surface area contributed by atoms with Crippen molar-refractivity contribution >= 4 is 28.2 Å². The molecule has 0 spiro atoms. The summed E-state index contributed by atoms with van der Waals surface area (Å²) in [7, 11) is 0. The summed E-state index contributed by atoms with van der Waals surface area (Å²) in [6.45, 7) is -0.317. The summed E-state index contributed by atoms with van der Waals surface area (Å²) in [4.78, 5) is 25.3. The van der Waals surface area contributed by atoms with E-state index >= 15 is 0 Å². The number of hydrogen-bond donors (Lipinski definition) is 1. The van der Waals surface area contributed by atoms with Gasteiger partial charge in [0.2, 0.25) is 6.79 Å². The zero-order chi connectivity index (χ0) is 18.1. The van der Waals surface area contributed by atoms with E-state index in [0.29, 0.717) is 22.1 Å². The van der Waals surface area contributed by atoms with Crippen molar-refractivity contribution in [3.63, 3.8) is 0 Å². The molecule has 2 heterocycles. The van der Waals surface area contributed by atoms with Crippen molar-refractivity contribution in [3.05, 3.63) is 39.8 Å². The van der Waals surface area contributed by atoms with Crippen LogP contribution in [0, 0.1) is 11.3 Å². The van der Waals surface area contributed by atoms with Gasteiger partial charge in [0.15, 0.2) is 18.1 Å². The van der Waals surface area contributed by atoms with Gasteiger partial charge in [-0.25, -0.2) is 4.79 Å². The molecule has 8 heteroatoms. The maximum absolute atomic E-state index is 12.1. The number of carbonyl (C=O) groups is 2. The number of nitriles is 1. The summed E-state index contributed by atoms with van der Waals surface area (Å²) < 4.78 is 15.4. The Hall–Kier alpha value is -3.05. The molecule has 1 aliphatic carbocycles. The molecular weight excluding hydrogens is 356 g/mol. The third kappa shape index (κ3) is 2.97. The van der Waals surface area contributed by atoms with Gasteiger partial charge in [-0.3, -0.25) is 4.79 Å². The Bertz CT molecular complexity index is 944. The molecule has 0 unspecified atom stereocenters. The van der Waals surface area contributed by atoms with E-state index in [1.807, 2.05) is 0 Å². The van der Waals surface area contributed by atoms with Crippen LogP contribution in [-0.4, -0.2) is 25.3 Å². The number of carbonyl (C=O) groups excluding carboxylic acids is 2. The Morgan fingerprint density at radius 1 is 1.27 bits per heavy atom. The first-order valence-electron chi connectivity index (χ1n) is 8.07. The second kappa shape index (κ2) is 6.69. The van der Waals surface area contributed by atoms with Crippen molar-refractivity contribution in [3.8, 4) is 17.6 Å². The Kier molecular flexibility index (Phi) is 4.22. The maximum Gasteiger partial charge on any atom is 0.338 e. The number of hydrogen-bond acceptors (Lipinski definition) is 7. The predicted molar refractivity (Wildman–Crippen MR) is 92.5 cm³/mol. The van der Waals surface area contributed by atoms with E-state index in [0.717, 1.165) is 29.7 Å². The number of anilines is 1. The number of amides is 1. The Morgan fingerprint density at radius 3 is 2.96 bits per heavy atom. The highest BCUT2D eigenvalue weighted by Gasteiger charge is 2.23. The second-order valence-electron chi connectivity index (χ2n) is 5.87. The number of rotatable bonds is 4. The number of ether oxygens (including phenoxy) is 3. The standard InChI is InChI=1S/C18H14N2O5S/c19-7-12-11-2-1-3-15(11)26-17(12)20-16(21)8-23-18(22)10-4-5-13-14(6-10)25-9-24-13/h4-6H,1-3,8-9H2,(H,20,21). The molecule has 0 radical (unpaired) electrons. The molecule has 1 amide bonds. The predicted octanol–water partition coefficient (Wildman–Crippen LogP) is 2.63. The fourth-order valence-corrected chi connectivity index (χ4v) is 4.27. The van der Waals surface area contributed by atoms with Crippen molar-refractivity contribution in [2.75, 3.05) is 18.7 Å². The molecule has 1 aromatic carbocycles. The zero-order valence-corrected chi connectivity index (χ0v) is 14.5. The lowest BCUT2D eigenvalue weighted by molar-refractivity contribution is -0.119. The van der Waals surface area contributed by atoms with Crippen molar-refractivity contribution in [1.29, 1.82) is 5.26 Å². The molecule has 4 rings (SSSR count). The molecule has 26 heavy (non-hydrogen) atoms. The van der Waals surface area contributed by atoms with Gasteiger partial charge in [0.1, 0.15) is 11.1 Å². The van der Waals surface area contributed by atoms with E-state index in [-0.39, 0.29) is 12.4 Å². The molecule has 0 saturated carbocycles. The SMILES string of the molecule is N#Cc1c(NC(=O)COC(=O)c2ccc3c(c2)OCO3)sc2c1CCC2. The summed E-state index contributed by atoms with van der Waals surface area (Å²) in [6, 6.07) is 6.84. The summed E-state index contributed by atoms with van der Waals surface area (Å²) in [5.74, 6) is -0.0760.